The Labute approximate surface area is 204 Å². The van der Waals surface area contributed by atoms with E-state index in [0.29, 0.717) is 0 Å². The second kappa shape index (κ2) is 6.51. The number of hydrogen-bond donors (Lipinski definition) is 0. The topological polar surface area (TPSA) is 0 Å². The highest BCUT2D eigenvalue weighted by Gasteiger charge is 2.77. The van der Waals surface area contributed by atoms with Crippen LogP contribution in [0.5, 0.6) is 0 Å². The lowest BCUT2D eigenvalue weighted by Gasteiger charge is -2.32. The predicted molar refractivity (Wildman–Crippen MR) is 148 cm³/mol. The molecule has 0 N–H and O–H groups in total. The van der Waals surface area contributed by atoms with Gasteiger partial charge >= 0.3 is 0 Å². The van der Waals surface area contributed by atoms with E-state index in [2.05, 4.69) is 115 Å². The monoisotopic (exact) mass is 442 g/mol. The molecule has 0 amide bonds. The normalized spacial score (nSPS) is 25.6. The van der Waals surface area contributed by atoms with Crippen LogP contribution in [-0.4, -0.2) is 0 Å². The highest BCUT2D eigenvalue weighted by atomic mass is 14.8. The molecule has 0 radical (unpaired) electrons. The van der Waals surface area contributed by atoms with Crippen LogP contribution in [0.25, 0.3) is 34.1 Å². The first-order valence-electron chi connectivity index (χ1n) is 12.5. The first kappa shape index (κ1) is 21.4. The van der Waals surface area contributed by atoms with Crippen LogP contribution in [0.15, 0.2) is 79.9 Å². The highest BCUT2D eigenvalue weighted by Crippen LogP contribution is 2.80. The van der Waals surface area contributed by atoms with Gasteiger partial charge in [0.1, 0.15) is 0 Å². The molecule has 3 aliphatic rings. The molecule has 0 heterocycles. The summed E-state index contributed by atoms with van der Waals surface area (Å²) in [6.07, 6.45) is 14.7. The number of benzene rings is 3. The number of allylic oxidation sites excluding steroid dienone is 4. The van der Waals surface area contributed by atoms with Gasteiger partial charge in [-0.1, -0.05) is 127 Å². The minimum atomic E-state index is -0.00664. The van der Waals surface area contributed by atoms with Gasteiger partial charge in [0.25, 0.3) is 0 Å². The maximum absolute atomic E-state index is 4.27. The van der Waals surface area contributed by atoms with Crippen LogP contribution in [0, 0.1) is 5.41 Å². The molecule has 2 atom stereocenters. The van der Waals surface area contributed by atoms with Gasteiger partial charge in [0, 0.05) is 16.2 Å². The van der Waals surface area contributed by atoms with Crippen LogP contribution in [0.4, 0.5) is 0 Å². The Balaban J connectivity index is 1.68. The van der Waals surface area contributed by atoms with E-state index in [0.717, 1.165) is 0 Å². The van der Waals surface area contributed by atoms with Gasteiger partial charge in [-0.2, -0.15) is 0 Å². The van der Waals surface area contributed by atoms with Crippen molar-refractivity contribution < 1.29 is 0 Å². The summed E-state index contributed by atoms with van der Waals surface area (Å²) in [6.45, 7) is 20.3. The lowest BCUT2D eigenvalue weighted by molar-refractivity contribution is 0.360. The average Bonchev–Trinajstić information content (AvgIpc) is 3.50. The highest BCUT2D eigenvalue weighted by molar-refractivity contribution is 6.06. The number of fused-ring (bicyclic) bond motifs is 2. The molecular formula is C34H34. The van der Waals surface area contributed by atoms with Gasteiger partial charge in [-0.25, -0.2) is 0 Å². The Kier molecular flexibility index (Phi) is 4.10. The summed E-state index contributed by atoms with van der Waals surface area (Å²) in [5.74, 6) is 0. The summed E-state index contributed by atoms with van der Waals surface area (Å²) in [4.78, 5) is 0. The Morgan fingerprint density at radius 2 is 1.50 bits per heavy atom. The van der Waals surface area contributed by atoms with Crippen LogP contribution >= 0.6 is 0 Å². The average molecular weight is 443 g/mol. The fourth-order valence-corrected chi connectivity index (χ4v) is 7.53. The smallest absolute Gasteiger partial charge is 0.0247 e. The van der Waals surface area contributed by atoms with Crippen molar-refractivity contribution >= 4 is 22.9 Å². The minimum absolute atomic E-state index is 0.00664. The van der Waals surface area contributed by atoms with Crippen molar-refractivity contribution in [2.45, 2.75) is 57.3 Å². The molecule has 3 aliphatic carbocycles. The van der Waals surface area contributed by atoms with Crippen molar-refractivity contribution in [2.75, 3.05) is 0 Å². The molecule has 0 saturated heterocycles. The molecule has 1 saturated carbocycles. The third-order valence-electron chi connectivity index (χ3n) is 9.13. The van der Waals surface area contributed by atoms with E-state index < -0.39 is 0 Å². The first-order valence-corrected chi connectivity index (χ1v) is 12.5. The van der Waals surface area contributed by atoms with Crippen LogP contribution in [0.1, 0.15) is 68.9 Å². The quantitative estimate of drug-likeness (QED) is 0.379. The molecule has 0 spiro atoms. The molecule has 0 nitrogen and oxygen atoms in total. The number of hydrogen-bond acceptors (Lipinski definition) is 0. The second-order valence-electron chi connectivity index (χ2n) is 12.0. The van der Waals surface area contributed by atoms with Crippen molar-refractivity contribution in [3.05, 3.63) is 108 Å². The van der Waals surface area contributed by atoms with Gasteiger partial charge < -0.3 is 0 Å². The first-order chi connectivity index (χ1) is 16.1. The fourth-order valence-electron chi connectivity index (χ4n) is 7.53. The summed E-state index contributed by atoms with van der Waals surface area (Å²) < 4.78 is 0. The van der Waals surface area contributed by atoms with Gasteiger partial charge in [-0.3, -0.25) is 0 Å². The van der Waals surface area contributed by atoms with Crippen molar-refractivity contribution in [1.29, 1.82) is 0 Å². The lowest BCUT2D eigenvalue weighted by Crippen LogP contribution is -2.28. The van der Waals surface area contributed by atoms with E-state index in [1.807, 2.05) is 12.2 Å². The maximum atomic E-state index is 4.27. The Morgan fingerprint density at radius 1 is 0.824 bits per heavy atom. The van der Waals surface area contributed by atoms with E-state index in [1.54, 1.807) is 0 Å². The summed E-state index contributed by atoms with van der Waals surface area (Å²) in [6, 6.07) is 16.1. The van der Waals surface area contributed by atoms with Crippen molar-refractivity contribution in [3.8, 4) is 11.1 Å². The zero-order chi connectivity index (χ0) is 24.1. The van der Waals surface area contributed by atoms with E-state index in [-0.39, 0.29) is 21.7 Å². The van der Waals surface area contributed by atoms with Crippen molar-refractivity contribution in [2.24, 2.45) is 5.41 Å². The van der Waals surface area contributed by atoms with E-state index in [1.165, 1.54) is 56.1 Å². The molecule has 170 valence electrons. The lowest BCUT2D eigenvalue weighted by atomic mass is 9.71. The van der Waals surface area contributed by atoms with Crippen molar-refractivity contribution in [3.63, 3.8) is 0 Å². The predicted octanol–water partition coefficient (Wildman–Crippen LogP) is 9.14. The van der Waals surface area contributed by atoms with Crippen LogP contribution in [0.2, 0.25) is 0 Å². The van der Waals surface area contributed by atoms with E-state index in [9.17, 15) is 0 Å². The van der Waals surface area contributed by atoms with Crippen LogP contribution in [0.3, 0.4) is 0 Å². The fraction of sp³-hybridized carbons (Fsp3) is 0.294. The Bertz CT molecular complexity index is 1470. The summed E-state index contributed by atoms with van der Waals surface area (Å²) >= 11 is 0. The van der Waals surface area contributed by atoms with Gasteiger partial charge in [0.15, 0.2) is 0 Å². The SMILES string of the molecule is C=Cc1c(C=C)c(C(C)(C)C)c2ccccc2c1-c1ccc2c(c1)C(C)(C)C13C=CC=CC21C3. The van der Waals surface area contributed by atoms with Crippen molar-refractivity contribution in [1.82, 2.24) is 0 Å². The summed E-state index contributed by atoms with van der Waals surface area (Å²) in [5, 5.41) is 2.60. The van der Waals surface area contributed by atoms with Gasteiger partial charge in [-0.15, -0.1) is 0 Å². The summed E-state index contributed by atoms with van der Waals surface area (Å²) in [5.41, 5.74) is 9.79. The molecule has 0 bridgehead atoms. The van der Waals surface area contributed by atoms with Crippen LogP contribution in [-0.2, 0) is 16.2 Å². The van der Waals surface area contributed by atoms with E-state index in [4.69, 9.17) is 0 Å². The van der Waals surface area contributed by atoms with Gasteiger partial charge in [0.2, 0.25) is 0 Å². The van der Waals surface area contributed by atoms with Gasteiger partial charge in [-0.05, 0) is 61.6 Å². The summed E-state index contributed by atoms with van der Waals surface area (Å²) in [7, 11) is 0. The standard InChI is InChI=1S/C34H34/c1-8-23-24(9-2)30(31(3,4)5)26-15-11-10-14-25(26)29(23)22-16-17-27-28(20-22)32(6,7)34-19-13-12-18-33(27,34)21-34/h8-20H,1-2,21H2,3-7H3. The van der Waals surface area contributed by atoms with E-state index >= 15 is 0 Å². The van der Waals surface area contributed by atoms with Gasteiger partial charge in [0.05, 0.1) is 0 Å². The molecule has 2 unspecified atom stereocenters. The second-order valence-corrected chi connectivity index (χ2v) is 12.0. The largest absolute Gasteiger partial charge is 0.0984 e. The molecule has 1 fully saturated rings. The third-order valence-corrected chi connectivity index (χ3v) is 9.13. The molecule has 0 heteroatoms. The molecule has 0 aromatic heterocycles. The molecular weight excluding hydrogens is 408 g/mol. The van der Waals surface area contributed by atoms with Crippen LogP contribution < -0.4 is 0 Å². The molecule has 3 aromatic carbocycles. The zero-order valence-corrected chi connectivity index (χ0v) is 21.1. The Hall–Kier alpha value is -3.12. The number of rotatable bonds is 3. The minimum Gasteiger partial charge on any atom is -0.0984 e. The Morgan fingerprint density at radius 3 is 2.18 bits per heavy atom. The molecule has 6 rings (SSSR count). The molecule has 34 heavy (non-hydrogen) atoms. The molecule has 0 aliphatic heterocycles. The third kappa shape index (κ3) is 2.34. The molecule has 3 aromatic rings. The maximum Gasteiger partial charge on any atom is 0.0247 e. The zero-order valence-electron chi connectivity index (χ0n) is 21.1.